The van der Waals surface area contributed by atoms with Crippen molar-refractivity contribution in [1.82, 2.24) is 4.98 Å². The molecule has 0 aliphatic heterocycles. The minimum Gasteiger partial charge on any atom is -0.481 e. The Kier molecular flexibility index (Phi) is 5.61. The highest BCUT2D eigenvalue weighted by atomic mass is 16.4. The fourth-order valence-electron chi connectivity index (χ4n) is 0.448. The van der Waals surface area contributed by atoms with Gasteiger partial charge in [-0.25, -0.2) is 0 Å². The summed E-state index contributed by atoms with van der Waals surface area (Å²) < 4.78 is 0. The Morgan fingerprint density at radius 1 is 1.67 bits per heavy atom. The summed E-state index contributed by atoms with van der Waals surface area (Å²) in [5, 5.41) is 7.72. The molecule has 66 valence electrons. The molecule has 0 fully saturated rings. The third-order valence-corrected chi connectivity index (χ3v) is 1.11. The van der Waals surface area contributed by atoms with Crippen molar-refractivity contribution < 1.29 is 9.90 Å². The van der Waals surface area contributed by atoms with E-state index in [1.165, 1.54) is 5.56 Å². The van der Waals surface area contributed by atoms with Crippen LogP contribution in [0.4, 0.5) is 0 Å². The van der Waals surface area contributed by atoms with E-state index < -0.39 is 5.97 Å². The average Bonchev–Trinajstić information content (AvgIpc) is 2.07. The first-order valence-electron chi connectivity index (χ1n) is 3.75. The molecule has 0 amide bonds. The lowest BCUT2D eigenvalue weighted by Gasteiger charge is -1.82. The van der Waals surface area contributed by atoms with Gasteiger partial charge in [0.25, 0.3) is 0 Å². The summed E-state index contributed by atoms with van der Waals surface area (Å²) >= 11 is 0. The smallest absolute Gasteiger partial charge is 0.303 e. The lowest BCUT2D eigenvalue weighted by molar-refractivity contribution is -0.136. The van der Waals surface area contributed by atoms with Crippen molar-refractivity contribution >= 4 is 5.97 Å². The Hall–Kier alpha value is -1.38. The van der Waals surface area contributed by atoms with Crippen LogP contribution in [0.2, 0.25) is 0 Å². The highest BCUT2D eigenvalue weighted by Crippen LogP contribution is 1.88. The standard InChI is InChI=1S/C6H7N.C3H6O2/c1-6-3-2-4-7-5-6;1-2-3(4)5/h2-5H,1H3;2H2,1H3,(H,4,5). The molecule has 1 rings (SSSR count). The van der Waals surface area contributed by atoms with Crippen molar-refractivity contribution in [3.8, 4) is 0 Å². The fourth-order valence-corrected chi connectivity index (χ4v) is 0.448. The van der Waals surface area contributed by atoms with Crippen LogP contribution in [0, 0.1) is 6.92 Å². The second kappa shape index (κ2) is 6.34. The van der Waals surface area contributed by atoms with Crippen LogP contribution in [0.3, 0.4) is 0 Å². The van der Waals surface area contributed by atoms with Crippen LogP contribution in [-0.4, -0.2) is 16.1 Å². The van der Waals surface area contributed by atoms with Gasteiger partial charge < -0.3 is 5.11 Å². The van der Waals surface area contributed by atoms with Gasteiger partial charge in [-0.1, -0.05) is 13.0 Å². The van der Waals surface area contributed by atoms with E-state index in [2.05, 4.69) is 4.98 Å². The van der Waals surface area contributed by atoms with E-state index in [0.29, 0.717) is 0 Å². The number of nitrogens with zero attached hydrogens (tertiary/aromatic N) is 1. The number of rotatable bonds is 1. The number of hydrogen-bond donors (Lipinski definition) is 1. The van der Waals surface area contributed by atoms with Crippen LogP contribution >= 0.6 is 0 Å². The monoisotopic (exact) mass is 167 g/mol. The number of carboxylic acid groups (broad SMARTS) is 1. The first-order valence-corrected chi connectivity index (χ1v) is 3.75. The number of carbonyl (C=O) groups is 1. The van der Waals surface area contributed by atoms with Gasteiger partial charge >= 0.3 is 5.97 Å². The molecule has 3 nitrogen and oxygen atoms in total. The van der Waals surface area contributed by atoms with Crippen LogP contribution in [0.1, 0.15) is 18.9 Å². The molecule has 0 saturated carbocycles. The highest BCUT2D eigenvalue weighted by molar-refractivity contribution is 5.66. The van der Waals surface area contributed by atoms with Crippen molar-refractivity contribution in [1.29, 1.82) is 0 Å². The maximum atomic E-state index is 9.37. The summed E-state index contributed by atoms with van der Waals surface area (Å²) in [6.07, 6.45) is 3.83. The molecule has 0 bridgehead atoms. The first kappa shape index (κ1) is 10.6. The minimum absolute atomic E-state index is 0.222. The lowest BCUT2D eigenvalue weighted by Crippen LogP contribution is -1.86. The zero-order valence-electron chi connectivity index (χ0n) is 7.32. The van der Waals surface area contributed by atoms with Crippen molar-refractivity contribution in [2.24, 2.45) is 0 Å². The zero-order valence-corrected chi connectivity index (χ0v) is 7.32. The van der Waals surface area contributed by atoms with Crippen LogP contribution < -0.4 is 0 Å². The Balaban J connectivity index is 0.000000217. The van der Waals surface area contributed by atoms with Gasteiger partial charge in [-0.3, -0.25) is 9.78 Å². The summed E-state index contributed by atoms with van der Waals surface area (Å²) in [6, 6.07) is 3.95. The average molecular weight is 167 g/mol. The van der Waals surface area contributed by atoms with Crippen LogP contribution in [0.25, 0.3) is 0 Å². The number of pyridine rings is 1. The van der Waals surface area contributed by atoms with E-state index >= 15 is 0 Å². The zero-order chi connectivity index (χ0) is 9.40. The summed E-state index contributed by atoms with van der Waals surface area (Å²) in [7, 11) is 0. The quantitative estimate of drug-likeness (QED) is 0.694. The summed E-state index contributed by atoms with van der Waals surface area (Å²) in [4.78, 5) is 13.3. The normalized spacial score (nSPS) is 8.17. The molecule has 0 spiro atoms. The Labute approximate surface area is 72.1 Å². The number of carboxylic acids is 1. The van der Waals surface area contributed by atoms with Gasteiger partial charge in [0.05, 0.1) is 0 Å². The number of aliphatic carboxylic acids is 1. The first-order chi connectivity index (χ1) is 5.66. The molecule has 0 unspecified atom stereocenters. The molecule has 1 heterocycles. The lowest BCUT2D eigenvalue weighted by atomic mass is 10.3. The van der Waals surface area contributed by atoms with E-state index in [9.17, 15) is 4.79 Å². The van der Waals surface area contributed by atoms with Gasteiger partial charge in [0.2, 0.25) is 0 Å². The van der Waals surface area contributed by atoms with Crippen LogP contribution in [-0.2, 0) is 4.79 Å². The Morgan fingerprint density at radius 3 is 2.42 bits per heavy atom. The molecule has 1 N–H and O–H groups in total. The molecule has 0 atom stereocenters. The second-order valence-corrected chi connectivity index (χ2v) is 2.28. The van der Waals surface area contributed by atoms with Gasteiger partial charge in [0, 0.05) is 18.8 Å². The van der Waals surface area contributed by atoms with Crippen LogP contribution in [0.5, 0.6) is 0 Å². The number of aryl methyl sites for hydroxylation is 1. The number of aromatic nitrogens is 1. The van der Waals surface area contributed by atoms with E-state index in [-0.39, 0.29) is 6.42 Å². The predicted octanol–water partition coefficient (Wildman–Crippen LogP) is 1.87. The summed E-state index contributed by atoms with van der Waals surface area (Å²) in [5.74, 6) is -0.745. The van der Waals surface area contributed by atoms with Crippen molar-refractivity contribution in [2.45, 2.75) is 20.3 Å². The molecule has 0 aromatic carbocycles. The molecular weight excluding hydrogens is 154 g/mol. The second-order valence-electron chi connectivity index (χ2n) is 2.28. The van der Waals surface area contributed by atoms with Crippen LogP contribution in [0.15, 0.2) is 24.5 Å². The van der Waals surface area contributed by atoms with Gasteiger partial charge in [0.15, 0.2) is 0 Å². The summed E-state index contributed by atoms with van der Waals surface area (Å²) in [5.41, 5.74) is 1.21. The maximum Gasteiger partial charge on any atom is 0.303 e. The van der Waals surface area contributed by atoms with Gasteiger partial charge in [-0.05, 0) is 18.6 Å². The molecule has 12 heavy (non-hydrogen) atoms. The van der Waals surface area contributed by atoms with E-state index in [0.717, 1.165) is 0 Å². The third-order valence-electron chi connectivity index (χ3n) is 1.11. The predicted molar refractivity (Wildman–Crippen MR) is 46.9 cm³/mol. The highest BCUT2D eigenvalue weighted by Gasteiger charge is 1.80. The van der Waals surface area contributed by atoms with E-state index in [1.54, 1.807) is 13.1 Å². The topological polar surface area (TPSA) is 50.2 Å². The Bertz CT molecular complexity index is 221. The molecule has 3 heteroatoms. The molecule has 0 radical (unpaired) electrons. The fraction of sp³-hybridized carbons (Fsp3) is 0.333. The van der Waals surface area contributed by atoms with E-state index in [4.69, 9.17) is 5.11 Å². The molecule has 1 aromatic rings. The summed E-state index contributed by atoms with van der Waals surface area (Å²) in [6.45, 7) is 3.62. The minimum atomic E-state index is -0.745. The Morgan fingerprint density at radius 2 is 2.25 bits per heavy atom. The molecular formula is C9H13NO2. The van der Waals surface area contributed by atoms with Gasteiger partial charge in [0.1, 0.15) is 0 Å². The SMILES string of the molecule is CCC(=O)O.Cc1cccnc1. The molecule has 0 aliphatic rings. The largest absolute Gasteiger partial charge is 0.481 e. The molecule has 1 aromatic heterocycles. The van der Waals surface area contributed by atoms with Crippen molar-refractivity contribution in [2.75, 3.05) is 0 Å². The van der Waals surface area contributed by atoms with Gasteiger partial charge in [-0.2, -0.15) is 0 Å². The molecule has 0 aliphatic carbocycles. The van der Waals surface area contributed by atoms with Crippen molar-refractivity contribution in [3.05, 3.63) is 30.1 Å². The van der Waals surface area contributed by atoms with Crippen molar-refractivity contribution in [3.63, 3.8) is 0 Å². The molecule has 0 saturated heterocycles. The van der Waals surface area contributed by atoms with Gasteiger partial charge in [-0.15, -0.1) is 0 Å². The number of hydrogen-bond acceptors (Lipinski definition) is 2. The third kappa shape index (κ3) is 6.74. The van der Waals surface area contributed by atoms with E-state index in [1.807, 2.05) is 25.3 Å². The maximum absolute atomic E-state index is 9.37.